The van der Waals surface area contributed by atoms with Gasteiger partial charge in [0.15, 0.2) is 6.61 Å². The molecule has 0 bridgehead atoms. The van der Waals surface area contributed by atoms with Crippen LogP contribution in [0.5, 0.6) is 5.75 Å². The highest BCUT2D eigenvalue weighted by Gasteiger charge is 2.31. The topological polar surface area (TPSA) is 9.23 Å². The lowest BCUT2D eigenvalue weighted by atomic mass is 9.68. The third-order valence-electron chi connectivity index (χ3n) is 7.83. The third-order valence-corrected chi connectivity index (χ3v) is 7.83. The van der Waals surface area contributed by atoms with Gasteiger partial charge in [-0.1, -0.05) is 57.1 Å². The monoisotopic (exact) mass is 456 g/mol. The zero-order chi connectivity index (χ0) is 22.8. The third kappa shape index (κ3) is 8.59. The summed E-state index contributed by atoms with van der Waals surface area (Å²) in [6.45, 7) is -1.40. The van der Waals surface area contributed by atoms with Gasteiger partial charge in [0, 0.05) is 0 Å². The molecule has 0 amide bonds. The summed E-state index contributed by atoms with van der Waals surface area (Å²) in [5.74, 6) is 3.45. The highest BCUT2D eigenvalue weighted by atomic mass is 19.4. The maximum Gasteiger partial charge on any atom is 0.422 e. The van der Waals surface area contributed by atoms with Crippen LogP contribution in [0.1, 0.15) is 101 Å². The quantitative estimate of drug-likeness (QED) is 0.238. The lowest BCUT2D eigenvalue weighted by Crippen LogP contribution is -2.25. The van der Waals surface area contributed by atoms with Crippen LogP contribution in [0, 0.1) is 17.8 Å². The Morgan fingerprint density at radius 2 is 1.28 bits per heavy atom. The number of ether oxygens (including phenoxy) is 1. The van der Waals surface area contributed by atoms with E-state index in [1.165, 1.54) is 82.6 Å². The van der Waals surface area contributed by atoms with E-state index in [-0.39, 0.29) is 12.4 Å². The Balaban J connectivity index is 1.32. The number of hydrogen-bond donors (Lipinski definition) is 0. The van der Waals surface area contributed by atoms with E-state index < -0.39 is 12.8 Å². The molecule has 0 radical (unpaired) electrons. The van der Waals surface area contributed by atoms with Crippen molar-refractivity contribution in [3.05, 3.63) is 29.8 Å². The molecule has 3 rings (SSSR count). The first kappa shape index (κ1) is 25.4. The molecule has 0 heterocycles. The van der Waals surface area contributed by atoms with Crippen molar-refractivity contribution in [2.24, 2.45) is 17.8 Å². The summed E-state index contributed by atoms with van der Waals surface area (Å²) in [5.41, 5.74) is 1.23. The van der Waals surface area contributed by atoms with Crippen LogP contribution < -0.4 is 4.74 Å². The second-order valence-electron chi connectivity index (χ2n) is 10.1. The number of alkyl halides is 4. The number of rotatable bonds is 11. The summed E-state index contributed by atoms with van der Waals surface area (Å²) >= 11 is 0. The van der Waals surface area contributed by atoms with Crippen molar-refractivity contribution in [2.75, 3.05) is 13.3 Å². The fraction of sp³-hybridized carbons (Fsp3) is 0.778. The molecular formula is C27H40F4O. The minimum atomic E-state index is -4.30. The summed E-state index contributed by atoms with van der Waals surface area (Å²) in [4.78, 5) is 0. The molecule has 0 unspecified atom stereocenters. The van der Waals surface area contributed by atoms with Crippen molar-refractivity contribution >= 4 is 0 Å². The molecule has 0 spiro atoms. The van der Waals surface area contributed by atoms with E-state index in [4.69, 9.17) is 4.74 Å². The van der Waals surface area contributed by atoms with Gasteiger partial charge in [0.25, 0.3) is 0 Å². The summed E-state index contributed by atoms with van der Waals surface area (Å²) in [6.07, 6.45) is 13.1. The van der Waals surface area contributed by atoms with Crippen molar-refractivity contribution in [3.63, 3.8) is 0 Å². The van der Waals surface area contributed by atoms with Crippen LogP contribution in [-0.2, 0) is 0 Å². The van der Waals surface area contributed by atoms with Crippen molar-refractivity contribution in [2.45, 2.75) is 102 Å². The molecular weight excluding hydrogens is 416 g/mol. The zero-order valence-corrected chi connectivity index (χ0v) is 19.4. The fourth-order valence-electron chi connectivity index (χ4n) is 5.93. The maximum atomic E-state index is 12.3. The molecule has 0 N–H and O–H groups in total. The first-order chi connectivity index (χ1) is 15.4. The zero-order valence-electron chi connectivity index (χ0n) is 19.4. The normalized spacial score (nSPS) is 26.8. The van der Waals surface area contributed by atoms with Crippen LogP contribution in [0.25, 0.3) is 0 Å². The molecule has 1 aromatic rings. The molecule has 32 heavy (non-hydrogen) atoms. The summed E-state index contributed by atoms with van der Waals surface area (Å²) in [6, 6.07) is 7.24. The number of hydrogen-bond acceptors (Lipinski definition) is 1. The van der Waals surface area contributed by atoms with E-state index >= 15 is 0 Å². The van der Waals surface area contributed by atoms with Crippen molar-refractivity contribution in [3.8, 4) is 5.75 Å². The highest BCUT2D eigenvalue weighted by molar-refractivity contribution is 5.29. The Hall–Kier alpha value is -1.26. The molecule has 1 aromatic carbocycles. The fourth-order valence-corrected chi connectivity index (χ4v) is 5.93. The molecule has 182 valence electrons. The van der Waals surface area contributed by atoms with Gasteiger partial charge < -0.3 is 4.74 Å². The smallest absolute Gasteiger partial charge is 0.422 e. The van der Waals surface area contributed by atoms with Gasteiger partial charge in [-0.15, -0.1) is 0 Å². The Labute approximate surface area is 191 Å². The van der Waals surface area contributed by atoms with Crippen LogP contribution in [0.2, 0.25) is 0 Å². The Morgan fingerprint density at radius 1 is 0.719 bits per heavy atom. The average Bonchev–Trinajstić information content (AvgIpc) is 2.80. The minimum Gasteiger partial charge on any atom is -0.484 e. The molecule has 1 nitrogen and oxygen atoms in total. The molecule has 0 aliphatic heterocycles. The SMILES string of the molecule is FCCCCCCCC1CCC(C2CCC(c3ccc(OCC(F)(F)F)cc3)CC2)CC1. The molecule has 0 atom stereocenters. The Morgan fingerprint density at radius 3 is 1.88 bits per heavy atom. The molecule has 2 aliphatic carbocycles. The van der Waals surface area contributed by atoms with Gasteiger partial charge in [0.2, 0.25) is 0 Å². The van der Waals surface area contributed by atoms with Crippen molar-refractivity contribution in [1.82, 2.24) is 0 Å². The van der Waals surface area contributed by atoms with Gasteiger partial charge in [0.1, 0.15) is 5.75 Å². The molecule has 5 heteroatoms. The lowest BCUT2D eigenvalue weighted by Gasteiger charge is -2.38. The predicted octanol–water partition coefficient (Wildman–Crippen LogP) is 9.02. The van der Waals surface area contributed by atoms with Crippen molar-refractivity contribution in [1.29, 1.82) is 0 Å². The van der Waals surface area contributed by atoms with E-state index in [0.29, 0.717) is 5.92 Å². The number of halogens is 4. The molecule has 0 saturated heterocycles. The number of benzene rings is 1. The van der Waals surface area contributed by atoms with Crippen LogP contribution in [0.3, 0.4) is 0 Å². The second kappa shape index (κ2) is 12.8. The standard InChI is InChI=1S/C27H40F4O/c28-19-5-3-1-2-4-6-21-7-9-22(10-8-21)23-11-13-24(14-12-23)25-15-17-26(18-16-25)32-20-27(29,30)31/h15-18,21-24H,1-14,19-20H2. The average molecular weight is 457 g/mol. The molecule has 2 fully saturated rings. The first-order valence-corrected chi connectivity index (χ1v) is 12.8. The molecule has 2 saturated carbocycles. The van der Waals surface area contributed by atoms with Gasteiger partial charge in [-0.25, -0.2) is 0 Å². The highest BCUT2D eigenvalue weighted by Crippen LogP contribution is 2.44. The first-order valence-electron chi connectivity index (χ1n) is 12.8. The maximum absolute atomic E-state index is 12.3. The summed E-state index contributed by atoms with van der Waals surface area (Å²) in [5, 5.41) is 0. The van der Waals surface area contributed by atoms with Gasteiger partial charge >= 0.3 is 6.18 Å². The van der Waals surface area contributed by atoms with E-state index in [2.05, 4.69) is 0 Å². The van der Waals surface area contributed by atoms with E-state index in [1.807, 2.05) is 12.1 Å². The molecule has 0 aromatic heterocycles. The Bertz CT molecular complexity index is 626. The Kier molecular flexibility index (Phi) is 10.2. The predicted molar refractivity (Wildman–Crippen MR) is 122 cm³/mol. The van der Waals surface area contributed by atoms with E-state index in [1.54, 1.807) is 12.1 Å². The van der Waals surface area contributed by atoms with Gasteiger partial charge in [-0.2, -0.15) is 13.2 Å². The van der Waals surface area contributed by atoms with Crippen LogP contribution >= 0.6 is 0 Å². The largest absolute Gasteiger partial charge is 0.484 e. The van der Waals surface area contributed by atoms with E-state index in [0.717, 1.165) is 30.6 Å². The molecule has 2 aliphatic rings. The summed E-state index contributed by atoms with van der Waals surface area (Å²) < 4.78 is 53.8. The second-order valence-corrected chi connectivity index (χ2v) is 10.1. The minimum absolute atomic E-state index is 0.168. The number of unbranched alkanes of at least 4 members (excludes halogenated alkanes) is 4. The van der Waals surface area contributed by atoms with Crippen LogP contribution in [0.4, 0.5) is 17.6 Å². The lowest BCUT2D eigenvalue weighted by molar-refractivity contribution is -0.153. The van der Waals surface area contributed by atoms with Gasteiger partial charge in [-0.3, -0.25) is 4.39 Å². The van der Waals surface area contributed by atoms with Crippen LogP contribution in [-0.4, -0.2) is 19.5 Å². The van der Waals surface area contributed by atoms with Gasteiger partial charge in [-0.05, 0) is 86.3 Å². The van der Waals surface area contributed by atoms with Crippen molar-refractivity contribution < 1.29 is 22.3 Å². The van der Waals surface area contributed by atoms with Gasteiger partial charge in [0.05, 0.1) is 6.67 Å². The van der Waals surface area contributed by atoms with E-state index in [9.17, 15) is 17.6 Å². The summed E-state index contributed by atoms with van der Waals surface area (Å²) in [7, 11) is 0. The van der Waals surface area contributed by atoms with Crippen LogP contribution in [0.15, 0.2) is 24.3 Å².